The van der Waals surface area contributed by atoms with Gasteiger partial charge in [-0.2, -0.15) is 0 Å². The van der Waals surface area contributed by atoms with E-state index in [2.05, 4.69) is 5.32 Å². The van der Waals surface area contributed by atoms with Crippen LogP contribution in [0.2, 0.25) is 0 Å². The molecule has 3 fully saturated rings. The fourth-order valence-corrected chi connectivity index (χ4v) is 5.55. The van der Waals surface area contributed by atoms with Gasteiger partial charge in [-0.1, -0.05) is 30.3 Å². The van der Waals surface area contributed by atoms with Crippen LogP contribution in [-0.4, -0.2) is 32.1 Å². The van der Waals surface area contributed by atoms with Crippen LogP contribution in [0.1, 0.15) is 44.1 Å². The molecule has 27 heavy (non-hydrogen) atoms. The molecule has 0 heterocycles. The van der Waals surface area contributed by atoms with Crippen LogP contribution in [0.15, 0.2) is 30.3 Å². The molecule has 2 bridgehead atoms. The van der Waals surface area contributed by atoms with Crippen LogP contribution in [0, 0.1) is 10.8 Å². The van der Waals surface area contributed by atoms with Crippen molar-refractivity contribution in [1.29, 1.82) is 0 Å². The molecule has 0 spiro atoms. The van der Waals surface area contributed by atoms with Gasteiger partial charge in [0, 0.05) is 31.6 Å². The first-order chi connectivity index (χ1) is 12.9. The number of hydrogen-bond donors (Lipinski definition) is 1. The highest BCUT2D eigenvalue weighted by Gasteiger charge is 2.55. The fourth-order valence-electron chi connectivity index (χ4n) is 4.46. The van der Waals surface area contributed by atoms with E-state index in [4.69, 9.17) is 9.05 Å². The van der Waals surface area contributed by atoms with E-state index in [-0.39, 0.29) is 23.3 Å². The number of fused-ring (bicyclic) bond motifs is 3. The van der Waals surface area contributed by atoms with Gasteiger partial charge in [-0.3, -0.25) is 14.2 Å². The van der Waals surface area contributed by atoms with Gasteiger partial charge < -0.3 is 14.4 Å². The van der Waals surface area contributed by atoms with E-state index in [1.807, 2.05) is 30.3 Å². The number of ketones is 1. The smallest absolute Gasteiger partial charge is 0.337 e. The first-order valence-corrected chi connectivity index (χ1v) is 11.2. The molecule has 0 aliphatic heterocycles. The van der Waals surface area contributed by atoms with E-state index in [9.17, 15) is 14.2 Å². The number of amides is 1. The largest absolute Gasteiger partial charge is 0.352 e. The Balaban J connectivity index is 1.61. The molecule has 4 rings (SSSR count). The lowest BCUT2D eigenvalue weighted by molar-refractivity contribution is -0.148. The van der Waals surface area contributed by atoms with Gasteiger partial charge in [-0.25, -0.2) is 0 Å². The number of carbonyl (C=O) groups excluding carboxylic acids is 2. The maximum absolute atomic E-state index is 12.9. The Morgan fingerprint density at radius 1 is 0.963 bits per heavy atom. The lowest BCUT2D eigenvalue weighted by atomic mass is 9.52. The second-order valence-corrected chi connectivity index (χ2v) is 10.1. The number of hydrogen-bond acceptors (Lipinski definition) is 5. The van der Waals surface area contributed by atoms with E-state index in [1.165, 1.54) is 14.2 Å². The van der Waals surface area contributed by atoms with Crippen molar-refractivity contribution >= 4 is 19.3 Å². The second kappa shape index (κ2) is 7.86. The predicted molar refractivity (Wildman–Crippen MR) is 102 cm³/mol. The van der Waals surface area contributed by atoms with Gasteiger partial charge in [0.15, 0.2) is 5.78 Å². The molecule has 3 aliphatic carbocycles. The molecule has 1 amide bonds. The number of rotatable bonds is 8. The van der Waals surface area contributed by atoms with E-state index in [0.29, 0.717) is 45.1 Å². The highest BCUT2D eigenvalue weighted by molar-refractivity contribution is 7.54. The Hall–Kier alpha value is -1.49. The number of benzene rings is 1. The number of carbonyl (C=O) groups is 2. The van der Waals surface area contributed by atoms with Gasteiger partial charge in [-0.15, -0.1) is 0 Å². The van der Waals surface area contributed by atoms with Crippen LogP contribution < -0.4 is 5.32 Å². The molecule has 7 heteroatoms. The minimum absolute atomic E-state index is 0.0486. The molecule has 1 aromatic rings. The third-order valence-corrected chi connectivity index (χ3v) is 8.30. The fraction of sp³-hybridized carbons (Fsp3) is 0.600. The highest BCUT2D eigenvalue weighted by atomic mass is 31.2. The summed E-state index contributed by atoms with van der Waals surface area (Å²) in [7, 11) is -0.743. The van der Waals surface area contributed by atoms with Crippen LogP contribution in [0.3, 0.4) is 0 Å². The molecule has 0 unspecified atom stereocenters. The molecule has 0 saturated heterocycles. The maximum Gasteiger partial charge on any atom is 0.337 e. The summed E-state index contributed by atoms with van der Waals surface area (Å²) in [5, 5.41) is 3.07. The van der Waals surface area contributed by atoms with Crippen LogP contribution >= 0.6 is 7.60 Å². The Morgan fingerprint density at radius 2 is 1.48 bits per heavy atom. The molecular formula is C20H28NO5P. The summed E-state index contributed by atoms with van der Waals surface area (Å²) in [5.74, 6) is 0.0408. The number of nitrogens with one attached hydrogen (secondary N) is 1. The van der Waals surface area contributed by atoms with E-state index in [1.54, 1.807) is 0 Å². The van der Waals surface area contributed by atoms with E-state index >= 15 is 0 Å². The first-order valence-electron chi connectivity index (χ1n) is 9.43. The standard InChI is InChI=1S/C20H28NO5P/c1-25-27(24,26-2)15-17(22)19-8-11-20(12-9-19,13-10-19)18(23)21-14-16-6-4-3-5-7-16/h3-7H,8-15H2,1-2H3,(H,21,23). The SMILES string of the molecule is COP(=O)(CC(=O)C12CCC(C(=O)NCc3ccccc3)(CC1)CC2)OC. The molecule has 0 atom stereocenters. The van der Waals surface area contributed by atoms with Gasteiger partial charge >= 0.3 is 7.60 Å². The summed E-state index contributed by atoms with van der Waals surface area (Å²) < 4.78 is 22.2. The van der Waals surface area contributed by atoms with Crippen LogP contribution in [0.25, 0.3) is 0 Å². The lowest BCUT2D eigenvalue weighted by Gasteiger charge is -2.51. The van der Waals surface area contributed by atoms with Crippen molar-refractivity contribution in [3.63, 3.8) is 0 Å². The second-order valence-electron chi connectivity index (χ2n) is 7.79. The van der Waals surface area contributed by atoms with Gasteiger partial charge in [0.25, 0.3) is 0 Å². The summed E-state index contributed by atoms with van der Waals surface area (Å²) in [4.78, 5) is 25.7. The van der Waals surface area contributed by atoms with Crippen LogP contribution in [0.5, 0.6) is 0 Å². The minimum Gasteiger partial charge on any atom is -0.352 e. The van der Waals surface area contributed by atoms with Crippen LogP contribution in [0.4, 0.5) is 0 Å². The van der Waals surface area contributed by atoms with Crippen molar-refractivity contribution < 1.29 is 23.2 Å². The molecular weight excluding hydrogens is 365 g/mol. The molecule has 6 nitrogen and oxygen atoms in total. The Kier molecular flexibility index (Phi) is 5.90. The monoisotopic (exact) mass is 393 g/mol. The van der Waals surface area contributed by atoms with Crippen LogP contribution in [-0.2, 0) is 29.7 Å². The van der Waals surface area contributed by atoms with Crippen molar-refractivity contribution in [3.8, 4) is 0 Å². The van der Waals surface area contributed by atoms with Crippen molar-refractivity contribution in [2.45, 2.75) is 45.1 Å². The normalized spacial score (nSPS) is 27.3. The Morgan fingerprint density at radius 3 is 2.00 bits per heavy atom. The first kappa shape index (κ1) is 20.2. The molecule has 1 N–H and O–H groups in total. The molecule has 1 aromatic carbocycles. The molecule has 3 aliphatic rings. The quantitative estimate of drug-likeness (QED) is 0.681. The predicted octanol–water partition coefficient (Wildman–Crippen LogP) is 3.70. The zero-order valence-electron chi connectivity index (χ0n) is 16.0. The summed E-state index contributed by atoms with van der Waals surface area (Å²) >= 11 is 0. The van der Waals surface area contributed by atoms with Gasteiger partial charge in [-0.05, 0) is 44.1 Å². The zero-order valence-corrected chi connectivity index (χ0v) is 16.9. The molecule has 148 valence electrons. The third kappa shape index (κ3) is 4.03. The lowest BCUT2D eigenvalue weighted by Crippen LogP contribution is -2.52. The van der Waals surface area contributed by atoms with Gasteiger partial charge in [0.1, 0.15) is 6.16 Å². The van der Waals surface area contributed by atoms with Gasteiger partial charge in [0.2, 0.25) is 5.91 Å². The number of Topliss-reactive ketones (excluding diaryl/α,β-unsaturated/α-hetero) is 1. The summed E-state index contributed by atoms with van der Waals surface area (Å²) in [6, 6.07) is 9.86. The average Bonchev–Trinajstić information content (AvgIpc) is 2.73. The highest BCUT2D eigenvalue weighted by Crippen LogP contribution is 2.59. The van der Waals surface area contributed by atoms with Crippen molar-refractivity contribution in [2.24, 2.45) is 10.8 Å². The van der Waals surface area contributed by atoms with Crippen molar-refractivity contribution in [3.05, 3.63) is 35.9 Å². The third-order valence-electron chi connectivity index (χ3n) is 6.51. The maximum atomic E-state index is 12.9. The summed E-state index contributed by atoms with van der Waals surface area (Å²) in [6.07, 6.45) is 3.90. The van der Waals surface area contributed by atoms with E-state index in [0.717, 1.165) is 5.56 Å². The Bertz CT molecular complexity index is 715. The topological polar surface area (TPSA) is 81.7 Å². The van der Waals surface area contributed by atoms with E-state index < -0.39 is 13.0 Å². The minimum atomic E-state index is -3.35. The zero-order chi connectivity index (χ0) is 19.5. The van der Waals surface area contributed by atoms with Crippen molar-refractivity contribution in [2.75, 3.05) is 20.4 Å². The summed E-state index contributed by atoms with van der Waals surface area (Å²) in [5.41, 5.74) is 0.227. The molecule has 0 radical (unpaired) electrons. The Labute approximate surface area is 160 Å². The average molecular weight is 393 g/mol. The summed E-state index contributed by atoms with van der Waals surface area (Å²) in [6.45, 7) is 0.524. The molecule has 0 aromatic heterocycles. The van der Waals surface area contributed by atoms with Crippen molar-refractivity contribution in [1.82, 2.24) is 5.32 Å². The van der Waals surface area contributed by atoms with Gasteiger partial charge in [0.05, 0.1) is 0 Å². The molecule has 3 saturated carbocycles.